The number of carbonyl (C=O) groups is 2. The van der Waals surface area contributed by atoms with Gasteiger partial charge in [0.15, 0.2) is 5.13 Å². The maximum atomic E-state index is 12.1. The Kier molecular flexibility index (Phi) is 9.10. The van der Waals surface area contributed by atoms with Crippen molar-refractivity contribution < 1.29 is 14.3 Å². The SMILES string of the molecule is CC(C)(C)OC(=O)NCCCCCCC(=O)Nc1ncc(-c2ccc(Br)cc2)s1. The van der Waals surface area contributed by atoms with E-state index in [-0.39, 0.29) is 12.0 Å². The summed E-state index contributed by atoms with van der Waals surface area (Å²) in [5.41, 5.74) is 0.597. The Morgan fingerprint density at radius 2 is 1.79 bits per heavy atom. The standard InChI is InChI=1S/C21H28BrN3O3S/c1-21(2,3)28-20(27)23-13-7-5-4-6-8-18(26)25-19-24-14-17(29-19)15-9-11-16(22)12-10-15/h9-12,14H,4-8,13H2,1-3H3,(H,23,27)(H,24,25,26). The van der Waals surface area contributed by atoms with Crippen molar-refractivity contribution in [2.75, 3.05) is 11.9 Å². The molecule has 29 heavy (non-hydrogen) atoms. The molecule has 0 saturated carbocycles. The summed E-state index contributed by atoms with van der Waals surface area (Å²) in [5, 5.41) is 6.23. The average Bonchev–Trinajstić information content (AvgIpc) is 3.08. The van der Waals surface area contributed by atoms with Crippen molar-refractivity contribution in [2.24, 2.45) is 0 Å². The summed E-state index contributed by atoms with van der Waals surface area (Å²) in [6, 6.07) is 7.99. The highest BCUT2D eigenvalue weighted by Crippen LogP contribution is 2.29. The van der Waals surface area contributed by atoms with E-state index in [2.05, 4.69) is 31.5 Å². The summed E-state index contributed by atoms with van der Waals surface area (Å²) < 4.78 is 6.21. The van der Waals surface area contributed by atoms with Crippen molar-refractivity contribution in [2.45, 2.75) is 58.5 Å². The normalized spacial score (nSPS) is 11.2. The third kappa shape index (κ3) is 9.41. The molecule has 0 fully saturated rings. The van der Waals surface area contributed by atoms with Gasteiger partial charge >= 0.3 is 6.09 Å². The molecule has 0 aliphatic heterocycles. The van der Waals surface area contributed by atoms with Gasteiger partial charge < -0.3 is 15.4 Å². The predicted molar refractivity (Wildman–Crippen MR) is 121 cm³/mol. The highest BCUT2D eigenvalue weighted by atomic mass is 79.9. The number of alkyl carbamates (subject to hydrolysis) is 1. The summed E-state index contributed by atoms with van der Waals surface area (Å²) in [6.45, 7) is 6.10. The molecule has 6 nitrogen and oxygen atoms in total. The van der Waals surface area contributed by atoms with Crippen molar-refractivity contribution in [3.05, 3.63) is 34.9 Å². The van der Waals surface area contributed by atoms with E-state index >= 15 is 0 Å². The first-order chi connectivity index (χ1) is 13.7. The van der Waals surface area contributed by atoms with Crippen LogP contribution in [0.3, 0.4) is 0 Å². The molecule has 1 heterocycles. The maximum absolute atomic E-state index is 12.1. The van der Waals surface area contributed by atoms with Gasteiger partial charge in [0.2, 0.25) is 5.91 Å². The van der Waals surface area contributed by atoms with Gasteiger partial charge in [-0.2, -0.15) is 0 Å². The average molecular weight is 482 g/mol. The first kappa shape index (κ1) is 23.3. The van der Waals surface area contributed by atoms with E-state index in [0.717, 1.165) is 40.6 Å². The molecule has 0 unspecified atom stereocenters. The number of aromatic nitrogens is 1. The fourth-order valence-corrected chi connectivity index (χ4v) is 3.63. The van der Waals surface area contributed by atoms with Crippen LogP contribution in [0.4, 0.5) is 9.93 Å². The van der Waals surface area contributed by atoms with Crippen molar-refractivity contribution in [1.82, 2.24) is 10.3 Å². The molecule has 158 valence electrons. The Balaban J connectivity index is 1.58. The number of ether oxygens (including phenoxy) is 1. The van der Waals surface area contributed by atoms with E-state index in [1.54, 1.807) is 6.20 Å². The smallest absolute Gasteiger partial charge is 0.407 e. The van der Waals surface area contributed by atoms with Crippen LogP contribution < -0.4 is 10.6 Å². The second kappa shape index (κ2) is 11.3. The van der Waals surface area contributed by atoms with Gasteiger partial charge in [-0.1, -0.05) is 52.2 Å². The van der Waals surface area contributed by atoms with Crippen LogP contribution in [0.5, 0.6) is 0 Å². The molecule has 0 aliphatic carbocycles. The summed E-state index contributed by atoms with van der Waals surface area (Å²) >= 11 is 4.89. The molecular formula is C21H28BrN3O3S. The number of rotatable bonds is 9. The number of benzene rings is 1. The number of amides is 2. The third-order valence-corrected chi connectivity index (χ3v) is 5.37. The minimum absolute atomic E-state index is 0.0198. The van der Waals surface area contributed by atoms with Crippen LogP contribution in [0.1, 0.15) is 52.9 Å². The molecule has 0 atom stereocenters. The van der Waals surface area contributed by atoms with E-state index in [4.69, 9.17) is 4.74 Å². The van der Waals surface area contributed by atoms with Crippen LogP contribution in [0.2, 0.25) is 0 Å². The van der Waals surface area contributed by atoms with Gasteiger partial charge in [0.25, 0.3) is 0 Å². The molecule has 0 aliphatic rings. The molecule has 1 aromatic carbocycles. The van der Waals surface area contributed by atoms with Crippen molar-refractivity contribution in [1.29, 1.82) is 0 Å². The third-order valence-electron chi connectivity index (χ3n) is 3.88. The number of thiazole rings is 1. The van der Waals surface area contributed by atoms with E-state index in [1.807, 2.05) is 45.0 Å². The Labute approximate surface area is 184 Å². The molecule has 2 aromatic rings. The summed E-state index contributed by atoms with van der Waals surface area (Å²) in [6.07, 6.45) is 5.42. The molecule has 2 amide bonds. The molecule has 0 bridgehead atoms. The largest absolute Gasteiger partial charge is 0.444 e. The van der Waals surface area contributed by atoms with Gasteiger partial charge in [-0.05, 0) is 51.3 Å². The van der Waals surface area contributed by atoms with Gasteiger partial charge in [-0.25, -0.2) is 9.78 Å². The van der Waals surface area contributed by atoms with E-state index in [0.29, 0.717) is 18.1 Å². The lowest BCUT2D eigenvalue weighted by Crippen LogP contribution is -2.32. The fraction of sp³-hybridized carbons (Fsp3) is 0.476. The molecule has 0 radical (unpaired) electrons. The zero-order valence-electron chi connectivity index (χ0n) is 17.1. The summed E-state index contributed by atoms with van der Waals surface area (Å²) in [7, 11) is 0. The summed E-state index contributed by atoms with van der Waals surface area (Å²) in [4.78, 5) is 28.9. The lowest BCUT2D eigenvalue weighted by molar-refractivity contribution is -0.116. The predicted octanol–water partition coefficient (Wildman–Crippen LogP) is 5.99. The number of hydrogen-bond donors (Lipinski definition) is 2. The highest BCUT2D eigenvalue weighted by Gasteiger charge is 2.15. The number of carbonyl (C=O) groups excluding carboxylic acids is 2. The van der Waals surface area contributed by atoms with Crippen molar-refractivity contribution in [3.63, 3.8) is 0 Å². The second-order valence-corrected chi connectivity index (χ2v) is 9.62. The zero-order valence-corrected chi connectivity index (χ0v) is 19.5. The monoisotopic (exact) mass is 481 g/mol. The first-order valence-electron chi connectivity index (χ1n) is 9.71. The quantitative estimate of drug-likeness (QED) is 0.431. The lowest BCUT2D eigenvalue weighted by atomic mass is 10.1. The van der Waals surface area contributed by atoms with E-state index in [9.17, 15) is 9.59 Å². The Morgan fingerprint density at radius 1 is 1.10 bits per heavy atom. The van der Waals surface area contributed by atoms with Crippen molar-refractivity contribution in [3.8, 4) is 10.4 Å². The number of nitrogens with zero attached hydrogens (tertiary/aromatic N) is 1. The van der Waals surface area contributed by atoms with Gasteiger partial charge in [0, 0.05) is 23.6 Å². The van der Waals surface area contributed by atoms with Crippen LogP contribution >= 0.6 is 27.3 Å². The Bertz CT molecular complexity index is 800. The maximum Gasteiger partial charge on any atom is 0.407 e. The molecule has 2 N–H and O–H groups in total. The fourth-order valence-electron chi connectivity index (χ4n) is 2.53. The van der Waals surface area contributed by atoms with Gasteiger partial charge in [0.05, 0.1) is 4.88 Å². The lowest BCUT2D eigenvalue weighted by Gasteiger charge is -2.19. The van der Waals surface area contributed by atoms with E-state index < -0.39 is 5.60 Å². The highest BCUT2D eigenvalue weighted by molar-refractivity contribution is 9.10. The van der Waals surface area contributed by atoms with Gasteiger partial charge in [-0.15, -0.1) is 0 Å². The molecule has 2 rings (SSSR count). The second-order valence-electron chi connectivity index (χ2n) is 7.68. The molecule has 1 aromatic heterocycles. The number of anilines is 1. The number of unbranched alkanes of at least 4 members (excludes halogenated alkanes) is 3. The number of nitrogens with one attached hydrogen (secondary N) is 2. The zero-order chi connectivity index (χ0) is 21.3. The van der Waals surface area contributed by atoms with E-state index in [1.165, 1.54) is 11.3 Å². The molecular weight excluding hydrogens is 454 g/mol. The Hall–Kier alpha value is -1.93. The molecule has 8 heteroatoms. The number of halogens is 1. The molecule has 0 saturated heterocycles. The minimum atomic E-state index is -0.478. The van der Waals surface area contributed by atoms with Crippen LogP contribution in [-0.2, 0) is 9.53 Å². The minimum Gasteiger partial charge on any atom is -0.444 e. The van der Waals surface area contributed by atoms with Crippen LogP contribution in [-0.4, -0.2) is 29.1 Å². The first-order valence-corrected chi connectivity index (χ1v) is 11.3. The van der Waals surface area contributed by atoms with Crippen molar-refractivity contribution >= 4 is 44.4 Å². The van der Waals surface area contributed by atoms with Crippen LogP contribution in [0.25, 0.3) is 10.4 Å². The molecule has 0 spiro atoms. The van der Waals surface area contributed by atoms with Gasteiger partial charge in [-0.3, -0.25) is 4.79 Å². The number of hydrogen-bond acceptors (Lipinski definition) is 5. The van der Waals surface area contributed by atoms with Gasteiger partial charge in [0.1, 0.15) is 5.60 Å². The topological polar surface area (TPSA) is 80.3 Å². The summed E-state index contributed by atoms with van der Waals surface area (Å²) in [5.74, 6) is -0.0198. The Morgan fingerprint density at radius 3 is 2.48 bits per heavy atom. The van der Waals surface area contributed by atoms with Crippen LogP contribution in [0, 0.1) is 0 Å². The van der Waals surface area contributed by atoms with Crippen LogP contribution in [0.15, 0.2) is 34.9 Å².